The van der Waals surface area contributed by atoms with E-state index in [1.165, 1.54) is 0 Å². The van der Waals surface area contributed by atoms with Crippen molar-refractivity contribution in [2.75, 3.05) is 26.4 Å². The Balaban J connectivity index is 0.000000221. The fourth-order valence-electron chi connectivity index (χ4n) is 6.29. The van der Waals surface area contributed by atoms with E-state index in [-0.39, 0.29) is 43.3 Å². The van der Waals surface area contributed by atoms with E-state index in [1.54, 1.807) is 43.3 Å². The average molecular weight is 769 g/mol. The molecule has 12 heteroatoms. The minimum Gasteiger partial charge on any atom is -0.462 e. The lowest BCUT2D eigenvalue weighted by Gasteiger charge is -2.10. The Morgan fingerprint density at radius 1 is 0.672 bits per heavy atom. The van der Waals surface area contributed by atoms with E-state index in [1.807, 2.05) is 66.7 Å². The van der Waals surface area contributed by atoms with Gasteiger partial charge in [-0.3, -0.25) is 0 Å². The summed E-state index contributed by atoms with van der Waals surface area (Å²) < 4.78 is 20.2. The summed E-state index contributed by atoms with van der Waals surface area (Å²) in [6.07, 6.45) is 1.38. The molecule has 0 aliphatic heterocycles. The molecule has 0 aromatic heterocycles. The molecule has 4 aromatic carbocycles. The number of rotatable bonds is 11. The van der Waals surface area contributed by atoms with Crippen molar-refractivity contribution in [3.63, 3.8) is 0 Å². The van der Waals surface area contributed by atoms with Crippen LogP contribution in [0.2, 0.25) is 0 Å². The zero-order chi connectivity index (χ0) is 41.8. The van der Waals surface area contributed by atoms with Gasteiger partial charge >= 0.3 is 23.9 Å². The van der Waals surface area contributed by atoms with Gasteiger partial charge in [-0.25, -0.2) is 29.3 Å². The normalized spacial score (nSPS) is 11.7. The van der Waals surface area contributed by atoms with Gasteiger partial charge < -0.3 is 18.9 Å². The highest BCUT2D eigenvalue weighted by Crippen LogP contribution is 2.48. The number of fused-ring (bicyclic) bond motifs is 6. The lowest BCUT2D eigenvalue weighted by molar-refractivity contribution is -0.139. The van der Waals surface area contributed by atoms with Gasteiger partial charge in [-0.05, 0) is 64.1 Å². The lowest BCUT2D eigenvalue weighted by Crippen LogP contribution is -2.13. The highest BCUT2D eigenvalue weighted by atomic mass is 16.6. The highest BCUT2D eigenvalue weighted by Gasteiger charge is 2.31. The van der Waals surface area contributed by atoms with Gasteiger partial charge in [0.05, 0.1) is 37.0 Å². The molecule has 284 valence electrons. The third-order valence-electron chi connectivity index (χ3n) is 8.79. The smallest absolute Gasteiger partial charge is 0.338 e. The number of ether oxygens (including phenoxy) is 4. The Hall–Kier alpha value is -8.32. The first-order valence-corrected chi connectivity index (χ1v) is 17.6. The summed E-state index contributed by atoms with van der Waals surface area (Å²) in [5, 5.41) is 28.1. The molecule has 0 atom stereocenters. The summed E-state index contributed by atoms with van der Waals surface area (Å²) in [5.74, 6) is -2.19. The van der Waals surface area contributed by atoms with Crippen LogP contribution in [-0.4, -0.2) is 50.3 Å². The molecule has 0 fully saturated rings. The standard InChI is InChI=1S/C24H18N2O4.C22H14N2O4/c1-15(2)23(27)29-12-7-13-30-24(28)19-11-6-10-18-21(19)16-8-4-5-9-17(16)22(18)20(14-25)26-3;1-2-20(25)27-9-10-28-22(26)14-7-8-17-16-5-3-4-6-18(16)21(19(17)11-14)15(12-23)13-24/h4-6,8-11H,1,7,12-13H2,2H3;2-8,11H,1,9-10H2/b22-20-;. The fraction of sp³-hybridized carbons (Fsp3) is 0.130. The average Bonchev–Trinajstić information content (AvgIpc) is 3.76. The molecule has 0 heterocycles. The quantitative estimate of drug-likeness (QED) is 0.0312. The van der Waals surface area contributed by atoms with Gasteiger partial charge in [0.2, 0.25) is 0 Å². The Kier molecular flexibility index (Phi) is 13.3. The van der Waals surface area contributed by atoms with Crippen LogP contribution in [0.5, 0.6) is 0 Å². The maximum Gasteiger partial charge on any atom is 0.338 e. The van der Waals surface area contributed by atoms with Gasteiger partial charge in [-0.2, -0.15) is 10.5 Å². The van der Waals surface area contributed by atoms with Gasteiger partial charge in [0.1, 0.15) is 30.9 Å². The third kappa shape index (κ3) is 8.64. The molecular formula is C46H32N4O8. The summed E-state index contributed by atoms with van der Waals surface area (Å²) in [5.41, 5.74) is 7.90. The summed E-state index contributed by atoms with van der Waals surface area (Å²) in [6.45, 7) is 15.7. The van der Waals surface area contributed by atoms with E-state index < -0.39 is 23.9 Å². The van der Waals surface area contributed by atoms with Crippen molar-refractivity contribution >= 4 is 35.0 Å². The van der Waals surface area contributed by atoms with Gasteiger partial charge in [-0.1, -0.05) is 79.9 Å². The van der Waals surface area contributed by atoms with E-state index in [4.69, 9.17) is 25.5 Å². The predicted molar refractivity (Wildman–Crippen MR) is 211 cm³/mol. The molecule has 0 saturated heterocycles. The van der Waals surface area contributed by atoms with Crippen LogP contribution in [0.15, 0.2) is 121 Å². The van der Waals surface area contributed by atoms with Gasteiger partial charge in [0, 0.05) is 34.8 Å². The van der Waals surface area contributed by atoms with Crippen molar-refractivity contribution < 1.29 is 38.1 Å². The molecule has 2 aliphatic carbocycles. The number of benzene rings is 4. The SMILES string of the molecule is C=CC(=O)OCCOC(=O)c1ccc2c(c1)C(=C(C#N)C#N)c1ccccc1-2.[C-]#[N+]/C(C#N)=C1/c2ccccc2-c2c(C(=O)OCCCOC(=O)C(=C)C)cccc21. The molecule has 0 saturated carbocycles. The van der Waals surface area contributed by atoms with Crippen molar-refractivity contribution in [2.45, 2.75) is 13.3 Å². The lowest BCUT2D eigenvalue weighted by atomic mass is 9.98. The molecule has 12 nitrogen and oxygen atoms in total. The summed E-state index contributed by atoms with van der Waals surface area (Å²) in [6, 6.07) is 30.8. The van der Waals surface area contributed by atoms with Crippen LogP contribution >= 0.6 is 0 Å². The molecule has 0 N–H and O–H groups in total. The zero-order valence-corrected chi connectivity index (χ0v) is 31.2. The largest absolute Gasteiger partial charge is 0.462 e. The zero-order valence-electron chi connectivity index (χ0n) is 31.2. The molecule has 0 spiro atoms. The Morgan fingerprint density at radius 2 is 1.26 bits per heavy atom. The Morgan fingerprint density at radius 3 is 1.90 bits per heavy atom. The second-order valence-corrected chi connectivity index (χ2v) is 12.4. The summed E-state index contributed by atoms with van der Waals surface area (Å²) in [4.78, 5) is 50.8. The van der Waals surface area contributed by atoms with Crippen molar-refractivity contribution in [3.8, 4) is 40.5 Å². The minimum absolute atomic E-state index is 0.0203. The van der Waals surface area contributed by atoms with E-state index in [9.17, 15) is 35.0 Å². The summed E-state index contributed by atoms with van der Waals surface area (Å²) >= 11 is 0. The predicted octanol–water partition coefficient (Wildman–Crippen LogP) is 7.94. The Bertz CT molecular complexity index is 2590. The van der Waals surface area contributed by atoms with E-state index in [0.29, 0.717) is 45.4 Å². The fourth-order valence-corrected chi connectivity index (χ4v) is 6.29. The molecule has 4 aromatic rings. The van der Waals surface area contributed by atoms with Crippen LogP contribution in [0, 0.1) is 40.6 Å². The topological polar surface area (TPSA) is 181 Å². The molecule has 0 amide bonds. The van der Waals surface area contributed by atoms with Crippen molar-refractivity contribution in [3.05, 3.63) is 166 Å². The van der Waals surface area contributed by atoms with Crippen LogP contribution in [0.4, 0.5) is 0 Å². The monoisotopic (exact) mass is 768 g/mol. The molecule has 0 radical (unpaired) electrons. The number of esters is 4. The van der Waals surface area contributed by atoms with E-state index >= 15 is 0 Å². The molecule has 6 rings (SSSR count). The molecular weight excluding hydrogens is 737 g/mol. The first-order valence-electron chi connectivity index (χ1n) is 17.6. The van der Waals surface area contributed by atoms with E-state index in [0.717, 1.165) is 33.9 Å². The number of carbonyl (C=O) groups is 4. The van der Waals surface area contributed by atoms with Gasteiger partial charge in [0.15, 0.2) is 0 Å². The van der Waals surface area contributed by atoms with Crippen molar-refractivity contribution in [2.24, 2.45) is 0 Å². The van der Waals surface area contributed by atoms with Gasteiger partial charge in [0.25, 0.3) is 5.70 Å². The second kappa shape index (κ2) is 18.8. The van der Waals surface area contributed by atoms with Crippen LogP contribution in [0.3, 0.4) is 0 Å². The van der Waals surface area contributed by atoms with Crippen LogP contribution in [0.1, 0.15) is 56.3 Å². The maximum atomic E-state index is 12.7. The molecule has 0 bridgehead atoms. The van der Waals surface area contributed by atoms with Crippen molar-refractivity contribution in [1.82, 2.24) is 0 Å². The van der Waals surface area contributed by atoms with E-state index in [2.05, 4.69) is 18.0 Å². The third-order valence-corrected chi connectivity index (χ3v) is 8.79. The number of nitrogens with zero attached hydrogens (tertiary/aromatic N) is 4. The number of hydrogen-bond acceptors (Lipinski definition) is 11. The minimum atomic E-state index is -0.596. The Labute approximate surface area is 334 Å². The summed E-state index contributed by atoms with van der Waals surface area (Å²) in [7, 11) is 0. The number of nitriles is 3. The second-order valence-electron chi connectivity index (χ2n) is 12.4. The van der Waals surface area contributed by atoms with Gasteiger partial charge in [-0.15, -0.1) is 0 Å². The van der Waals surface area contributed by atoms with Crippen LogP contribution in [0.25, 0.3) is 38.2 Å². The van der Waals surface area contributed by atoms with Crippen molar-refractivity contribution in [1.29, 1.82) is 15.8 Å². The first-order chi connectivity index (χ1) is 28.1. The van der Waals surface area contributed by atoms with Crippen LogP contribution < -0.4 is 0 Å². The molecule has 2 aliphatic rings. The van der Waals surface area contributed by atoms with Crippen LogP contribution in [-0.2, 0) is 28.5 Å². The number of hydrogen-bond donors (Lipinski definition) is 0. The maximum absolute atomic E-state index is 12.7. The number of carbonyl (C=O) groups excluding carboxylic acids is 4. The molecule has 58 heavy (non-hydrogen) atoms. The molecule has 0 unspecified atom stereocenters. The number of allylic oxidation sites excluding steroid dienone is 2. The highest BCUT2D eigenvalue weighted by molar-refractivity contribution is 6.10. The first kappa shape index (κ1) is 40.9.